The number of benzene rings is 1. The predicted octanol–water partition coefficient (Wildman–Crippen LogP) is 4.78. The van der Waals surface area contributed by atoms with Crippen LogP contribution >= 0.6 is 22.7 Å². The van der Waals surface area contributed by atoms with Gasteiger partial charge in [0.15, 0.2) is 11.5 Å². The molecule has 0 saturated carbocycles. The van der Waals surface area contributed by atoms with E-state index in [2.05, 4.69) is 15.3 Å². The predicted molar refractivity (Wildman–Crippen MR) is 118 cm³/mol. The molecule has 152 valence electrons. The summed E-state index contributed by atoms with van der Waals surface area (Å²) >= 11 is 2.99. The molecule has 1 N–H and O–H groups in total. The summed E-state index contributed by atoms with van der Waals surface area (Å²) in [5.41, 5.74) is 1.94. The minimum Gasteiger partial charge on any atom is -0.493 e. The van der Waals surface area contributed by atoms with Crippen LogP contribution in [0.3, 0.4) is 0 Å². The van der Waals surface area contributed by atoms with E-state index in [4.69, 9.17) is 9.47 Å². The van der Waals surface area contributed by atoms with E-state index in [1.54, 1.807) is 37.0 Å². The minimum atomic E-state index is -0.146. The van der Waals surface area contributed by atoms with Gasteiger partial charge in [0.1, 0.15) is 16.5 Å². The van der Waals surface area contributed by atoms with Gasteiger partial charge in [-0.15, -0.1) is 22.7 Å². The third-order valence-electron chi connectivity index (χ3n) is 4.29. The van der Waals surface area contributed by atoms with E-state index in [0.29, 0.717) is 29.5 Å². The number of carbonyl (C=O) groups excluding carboxylic acids is 1. The molecule has 1 amide bonds. The molecule has 0 radical (unpaired) electrons. The van der Waals surface area contributed by atoms with Crippen LogP contribution in [0.5, 0.6) is 11.5 Å². The van der Waals surface area contributed by atoms with E-state index in [1.165, 1.54) is 11.3 Å². The van der Waals surface area contributed by atoms with Crippen molar-refractivity contribution in [1.29, 1.82) is 0 Å². The normalized spacial score (nSPS) is 10.6. The molecule has 0 aliphatic heterocycles. The average Bonchev–Trinajstić information content (AvgIpc) is 3.49. The van der Waals surface area contributed by atoms with Crippen molar-refractivity contribution < 1.29 is 14.3 Å². The van der Waals surface area contributed by atoms with Crippen LogP contribution in [0.4, 0.5) is 0 Å². The average molecular weight is 438 g/mol. The second-order valence-corrected chi connectivity index (χ2v) is 8.30. The lowest BCUT2D eigenvalue weighted by molar-refractivity contribution is 0.0954. The quantitative estimate of drug-likeness (QED) is 0.429. The van der Waals surface area contributed by atoms with Crippen LogP contribution in [0, 0.1) is 0 Å². The fourth-order valence-electron chi connectivity index (χ4n) is 2.74. The first-order valence-electron chi connectivity index (χ1n) is 9.19. The number of pyridine rings is 1. The molecule has 1 aromatic carbocycles. The van der Waals surface area contributed by atoms with Crippen molar-refractivity contribution in [2.75, 3.05) is 7.11 Å². The Hall–Kier alpha value is -3.23. The number of carbonyl (C=O) groups is 1. The van der Waals surface area contributed by atoms with Crippen LogP contribution in [0.15, 0.2) is 66.4 Å². The molecule has 0 saturated heterocycles. The molecular formula is C22H19N3O3S2. The summed E-state index contributed by atoms with van der Waals surface area (Å²) in [5.74, 6) is 1.12. The van der Waals surface area contributed by atoms with Crippen molar-refractivity contribution in [1.82, 2.24) is 15.3 Å². The Kier molecular flexibility index (Phi) is 6.36. The first-order valence-corrected chi connectivity index (χ1v) is 10.9. The van der Waals surface area contributed by atoms with Crippen LogP contribution in [-0.4, -0.2) is 23.0 Å². The van der Waals surface area contributed by atoms with Crippen molar-refractivity contribution in [2.24, 2.45) is 0 Å². The van der Waals surface area contributed by atoms with Crippen molar-refractivity contribution >= 4 is 28.6 Å². The van der Waals surface area contributed by atoms with Gasteiger partial charge in [-0.3, -0.25) is 9.78 Å². The van der Waals surface area contributed by atoms with E-state index < -0.39 is 0 Å². The number of rotatable bonds is 8. The maximum absolute atomic E-state index is 12.5. The third kappa shape index (κ3) is 4.84. The Labute approximate surface area is 182 Å². The second kappa shape index (κ2) is 9.51. The van der Waals surface area contributed by atoms with Gasteiger partial charge in [0.2, 0.25) is 0 Å². The molecule has 0 unspecified atom stereocenters. The first-order chi connectivity index (χ1) is 14.7. The lowest BCUT2D eigenvalue weighted by Gasteiger charge is -2.12. The van der Waals surface area contributed by atoms with Crippen LogP contribution in [-0.2, 0) is 13.2 Å². The number of hydrogen-bond donors (Lipinski definition) is 1. The number of methoxy groups -OCH3 is 1. The van der Waals surface area contributed by atoms with E-state index in [0.717, 1.165) is 21.0 Å². The van der Waals surface area contributed by atoms with Crippen molar-refractivity contribution in [3.05, 3.63) is 82.4 Å². The van der Waals surface area contributed by atoms with Crippen molar-refractivity contribution in [3.8, 4) is 21.4 Å². The highest BCUT2D eigenvalue weighted by molar-refractivity contribution is 7.21. The lowest BCUT2D eigenvalue weighted by Crippen LogP contribution is -2.21. The molecule has 3 heterocycles. The summed E-state index contributed by atoms with van der Waals surface area (Å²) in [7, 11) is 1.60. The molecule has 0 aliphatic rings. The number of hydrogen-bond acceptors (Lipinski definition) is 7. The number of ether oxygens (including phenoxy) is 2. The van der Waals surface area contributed by atoms with Crippen LogP contribution in [0.25, 0.3) is 9.88 Å². The van der Waals surface area contributed by atoms with Gasteiger partial charge in [-0.25, -0.2) is 4.98 Å². The summed E-state index contributed by atoms with van der Waals surface area (Å²) in [5, 5.41) is 5.78. The summed E-state index contributed by atoms with van der Waals surface area (Å²) in [4.78, 5) is 22.5. The Morgan fingerprint density at radius 2 is 1.97 bits per heavy atom. The molecule has 0 spiro atoms. The maximum Gasteiger partial charge on any atom is 0.263 e. The zero-order valence-electron chi connectivity index (χ0n) is 16.2. The SMILES string of the molecule is COc1cc(CNC(=O)c2cnc(-c3cccs3)s2)ccc1OCc1ccncc1. The molecule has 3 aromatic heterocycles. The molecule has 4 rings (SSSR count). The summed E-state index contributed by atoms with van der Waals surface area (Å²) in [6, 6.07) is 13.4. The molecule has 6 nitrogen and oxygen atoms in total. The number of thiazole rings is 1. The monoisotopic (exact) mass is 437 g/mol. The Morgan fingerprint density at radius 1 is 1.10 bits per heavy atom. The van der Waals surface area contributed by atoms with Gasteiger partial charge in [-0.2, -0.15) is 0 Å². The third-order valence-corrected chi connectivity index (χ3v) is 6.32. The van der Waals surface area contributed by atoms with Gasteiger partial charge in [-0.1, -0.05) is 12.1 Å². The van der Waals surface area contributed by atoms with E-state index in [9.17, 15) is 4.79 Å². The van der Waals surface area contributed by atoms with E-state index in [1.807, 2.05) is 47.8 Å². The van der Waals surface area contributed by atoms with Crippen LogP contribution < -0.4 is 14.8 Å². The van der Waals surface area contributed by atoms with Gasteiger partial charge in [0.05, 0.1) is 18.2 Å². The maximum atomic E-state index is 12.5. The standard InChI is InChI=1S/C22H19N3O3S2/c1-27-18-11-16(4-5-17(18)28-14-15-6-8-23-9-7-15)12-24-21(26)20-13-25-22(30-20)19-3-2-10-29-19/h2-11,13H,12,14H2,1H3,(H,24,26). The zero-order chi connectivity index (χ0) is 20.8. The molecule has 0 bridgehead atoms. The summed E-state index contributed by atoms with van der Waals surface area (Å²) in [6.45, 7) is 0.805. The topological polar surface area (TPSA) is 73.3 Å². The highest BCUT2D eigenvalue weighted by atomic mass is 32.1. The number of nitrogens with zero attached hydrogens (tertiary/aromatic N) is 2. The zero-order valence-corrected chi connectivity index (χ0v) is 17.8. The molecular weight excluding hydrogens is 418 g/mol. The highest BCUT2D eigenvalue weighted by Gasteiger charge is 2.13. The Balaban J connectivity index is 1.37. The smallest absolute Gasteiger partial charge is 0.263 e. The largest absolute Gasteiger partial charge is 0.493 e. The minimum absolute atomic E-state index is 0.146. The molecule has 4 aromatic rings. The van der Waals surface area contributed by atoms with Crippen molar-refractivity contribution in [2.45, 2.75) is 13.2 Å². The van der Waals surface area contributed by atoms with E-state index in [-0.39, 0.29) is 5.91 Å². The molecule has 0 aliphatic carbocycles. The van der Waals surface area contributed by atoms with Gasteiger partial charge < -0.3 is 14.8 Å². The summed E-state index contributed by atoms with van der Waals surface area (Å²) < 4.78 is 11.3. The van der Waals surface area contributed by atoms with Gasteiger partial charge >= 0.3 is 0 Å². The highest BCUT2D eigenvalue weighted by Crippen LogP contribution is 2.30. The Morgan fingerprint density at radius 3 is 2.73 bits per heavy atom. The molecule has 0 atom stereocenters. The molecule has 0 fully saturated rings. The lowest BCUT2D eigenvalue weighted by atomic mass is 10.2. The second-order valence-electron chi connectivity index (χ2n) is 6.32. The Bertz CT molecular complexity index is 1110. The summed E-state index contributed by atoms with van der Waals surface area (Å²) in [6.07, 6.45) is 5.08. The molecule has 30 heavy (non-hydrogen) atoms. The fourth-order valence-corrected chi connectivity index (χ4v) is 4.38. The first kappa shape index (κ1) is 20.1. The van der Waals surface area contributed by atoms with Gasteiger partial charge in [0.25, 0.3) is 5.91 Å². The van der Waals surface area contributed by atoms with E-state index >= 15 is 0 Å². The van der Waals surface area contributed by atoms with Crippen LogP contribution in [0.1, 0.15) is 20.8 Å². The number of amides is 1. The number of aromatic nitrogens is 2. The van der Waals surface area contributed by atoms with Crippen molar-refractivity contribution in [3.63, 3.8) is 0 Å². The molecule has 8 heteroatoms. The van der Waals surface area contributed by atoms with Gasteiger partial charge in [-0.05, 0) is 46.8 Å². The number of thiophene rings is 1. The van der Waals surface area contributed by atoms with Gasteiger partial charge in [0, 0.05) is 18.9 Å². The van der Waals surface area contributed by atoms with Crippen LogP contribution in [0.2, 0.25) is 0 Å². The number of nitrogens with one attached hydrogen (secondary N) is 1. The fraction of sp³-hybridized carbons (Fsp3) is 0.136.